The van der Waals surface area contributed by atoms with E-state index in [2.05, 4.69) is 5.32 Å². The first kappa shape index (κ1) is 12.1. The summed E-state index contributed by atoms with van der Waals surface area (Å²) in [6, 6.07) is 6.60. The number of carbonyl (C=O) groups excluding carboxylic acids is 1. The third-order valence-corrected chi connectivity index (χ3v) is 4.09. The third-order valence-electron chi connectivity index (χ3n) is 4.09. The lowest BCUT2D eigenvalue weighted by molar-refractivity contribution is -0.119. The molecular weight excluding hydrogens is 217 g/mol. The Labute approximate surface area is 101 Å². The molecule has 1 unspecified atom stereocenters. The highest BCUT2D eigenvalue weighted by atomic mass is 19.1. The molecule has 1 aliphatic heterocycles. The van der Waals surface area contributed by atoms with Crippen molar-refractivity contribution in [1.82, 2.24) is 5.32 Å². The molecule has 1 atom stereocenters. The van der Waals surface area contributed by atoms with Crippen molar-refractivity contribution in [2.75, 3.05) is 0 Å². The molecule has 1 fully saturated rings. The van der Waals surface area contributed by atoms with E-state index in [1.165, 1.54) is 6.07 Å². The van der Waals surface area contributed by atoms with Crippen LogP contribution in [-0.2, 0) is 10.2 Å². The molecule has 1 aromatic rings. The summed E-state index contributed by atoms with van der Waals surface area (Å²) in [5.41, 5.74) is 0.252. The summed E-state index contributed by atoms with van der Waals surface area (Å²) in [7, 11) is 0. The average Bonchev–Trinajstić information content (AvgIpc) is 2.48. The van der Waals surface area contributed by atoms with Crippen LogP contribution in [0.1, 0.15) is 39.2 Å². The monoisotopic (exact) mass is 235 g/mol. The molecule has 0 bridgehead atoms. The Balaban J connectivity index is 2.55. The van der Waals surface area contributed by atoms with E-state index in [0.717, 1.165) is 12.0 Å². The van der Waals surface area contributed by atoms with E-state index in [9.17, 15) is 9.18 Å². The quantitative estimate of drug-likeness (QED) is 0.839. The molecule has 2 rings (SSSR count). The number of amides is 1. The molecule has 2 nitrogen and oxygen atoms in total. The van der Waals surface area contributed by atoms with E-state index < -0.39 is 0 Å². The fourth-order valence-electron chi connectivity index (χ4n) is 3.03. The number of rotatable bonds is 2. The van der Waals surface area contributed by atoms with Crippen LogP contribution in [0.4, 0.5) is 4.39 Å². The van der Waals surface area contributed by atoms with Crippen LogP contribution >= 0.6 is 0 Å². The van der Waals surface area contributed by atoms with Crippen molar-refractivity contribution in [1.29, 1.82) is 0 Å². The summed E-state index contributed by atoms with van der Waals surface area (Å²) >= 11 is 0. The zero-order chi connectivity index (χ0) is 12.7. The summed E-state index contributed by atoms with van der Waals surface area (Å²) in [4.78, 5) is 11.7. The SMILES string of the molecule is CCC1(c2cccc(F)c2)CC(=O)NC1(C)C. The van der Waals surface area contributed by atoms with Gasteiger partial charge in [0.25, 0.3) is 0 Å². The minimum absolute atomic E-state index is 0.0427. The van der Waals surface area contributed by atoms with Crippen LogP contribution in [0.2, 0.25) is 0 Å². The summed E-state index contributed by atoms with van der Waals surface area (Å²) < 4.78 is 13.4. The van der Waals surface area contributed by atoms with Gasteiger partial charge in [0.2, 0.25) is 5.91 Å². The number of hydrogen-bond donors (Lipinski definition) is 1. The fraction of sp³-hybridized carbons (Fsp3) is 0.500. The number of hydrogen-bond acceptors (Lipinski definition) is 1. The fourth-order valence-corrected chi connectivity index (χ4v) is 3.03. The van der Waals surface area contributed by atoms with Crippen LogP contribution in [0.25, 0.3) is 0 Å². The molecule has 1 amide bonds. The van der Waals surface area contributed by atoms with E-state index in [-0.39, 0.29) is 22.7 Å². The van der Waals surface area contributed by atoms with Gasteiger partial charge in [0.15, 0.2) is 0 Å². The van der Waals surface area contributed by atoms with Gasteiger partial charge in [-0.25, -0.2) is 4.39 Å². The highest BCUT2D eigenvalue weighted by Crippen LogP contribution is 2.45. The Kier molecular flexibility index (Phi) is 2.72. The van der Waals surface area contributed by atoms with Gasteiger partial charge >= 0.3 is 0 Å². The molecule has 0 spiro atoms. The summed E-state index contributed by atoms with van der Waals surface area (Å²) in [5.74, 6) is -0.202. The predicted molar refractivity (Wildman–Crippen MR) is 65.2 cm³/mol. The maximum absolute atomic E-state index is 13.4. The Morgan fingerprint density at radius 1 is 1.41 bits per heavy atom. The highest BCUT2D eigenvalue weighted by Gasteiger charge is 2.52. The number of nitrogens with one attached hydrogen (secondary N) is 1. The van der Waals surface area contributed by atoms with Crippen molar-refractivity contribution in [3.63, 3.8) is 0 Å². The van der Waals surface area contributed by atoms with E-state index in [1.54, 1.807) is 12.1 Å². The molecule has 1 saturated heterocycles. The van der Waals surface area contributed by atoms with Gasteiger partial charge in [0.1, 0.15) is 5.82 Å². The molecule has 1 aliphatic rings. The maximum atomic E-state index is 13.4. The van der Waals surface area contributed by atoms with Crippen molar-refractivity contribution < 1.29 is 9.18 Å². The molecule has 92 valence electrons. The van der Waals surface area contributed by atoms with E-state index in [0.29, 0.717) is 6.42 Å². The van der Waals surface area contributed by atoms with E-state index in [1.807, 2.05) is 26.8 Å². The van der Waals surface area contributed by atoms with Gasteiger partial charge in [-0.1, -0.05) is 19.1 Å². The Morgan fingerprint density at radius 3 is 2.59 bits per heavy atom. The van der Waals surface area contributed by atoms with E-state index in [4.69, 9.17) is 0 Å². The van der Waals surface area contributed by atoms with Crippen LogP contribution in [0.3, 0.4) is 0 Å². The van der Waals surface area contributed by atoms with Crippen molar-refractivity contribution in [2.45, 2.75) is 44.6 Å². The number of halogens is 1. The lowest BCUT2D eigenvalue weighted by atomic mass is 9.66. The number of carbonyl (C=O) groups is 1. The predicted octanol–water partition coefficient (Wildman–Crippen LogP) is 2.77. The molecule has 1 aromatic carbocycles. The lowest BCUT2D eigenvalue weighted by Crippen LogP contribution is -2.49. The van der Waals surface area contributed by atoms with E-state index >= 15 is 0 Å². The van der Waals surface area contributed by atoms with Crippen molar-refractivity contribution in [3.05, 3.63) is 35.6 Å². The van der Waals surface area contributed by atoms with Gasteiger partial charge in [0, 0.05) is 17.4 Å². The Hall–Kier alpha value is -1.38. The topological polar surface area (TPSA) is 29.1 Å². The first-order chi connectivity index (χ1) is 7.91. The molecular formula is C14H18FNO. The van der Waals surface area contributed by atoms with Crippen LogP contribution < -0.4 is 5.32 Å². The largest absolute Gasteiger partial charge is 0.350 e. The number of benzene rings is 1. The first-order valence-corrected chi connectivity index (χ1v) is 5.98. The average molecular weight is 235 g/mol. The Morgan fingerprint density at radius 2 is 2.12 bits per heavy atom. The summed E-state index contributed by atoms with van der Waals surface area (Å²) in [5, 5.41) is 2.99. The molecule has 3 heteroatoms. The third kappa shape index (κ3) is 1.74. The standard InChI is InChI=1S/C14H18FNO/c1-4-14(9-12(17)16-13(14,2)3)10-6-5-7-11(15)8-10/h5-8H,4,9H2,1-3H3,(H,16,17). The molecule has 0 aromatic heterocycles. The van der Waals surface area contributed by atoms with Gasteiger partial charge in [-0.3, -0.25) is 4.79 Å². The van der Waals surface area contributed by atoms with Crippen molar-refractivity contribution in [2.24, 2.45) is 0 Å². The zero-order valence-corrected chi connectivity index (χ0v) is 10.5. The van der Waals surface area contributed by atoms with Gasteiger partial charge < -0.3 is 5.32 Å². The second kappa shape index (κ2) is 3.83. The van der Waals surface area contributed by atoms with Gasteiger partial charge in [-0.2, -0.15) is 0 Å². The van der Waals surface area contributed by atoms with Crippen LogP contribution in [0.15, 0.2) is 24.3 Å². The minimum Gasteiger partial charge on any atom is -0.350 e. The second-order valence-electron chi connectivity index (χ2n) is 5.30. The normalized spacial score (nSPS) is 26.9. The zero-order valence-electron chi connectivity index (χ0n) is 10.5. The molecule has 0 saturated carbocycles. The van der Waals surface area contributed by atoms with Gasteiger partial charge in [0.05, 0.1) is 0 Å². The van der Waals surface area contributed by atoms with Crippen molar-refractivity contribution >= 4 is 5.91 Å². The van der Waals surface area contributed by atoms with Crippen LogP contribution in [-0.4, -0.2) is 11.4 Å². The lowest BCUT2D eigenvalue weighted by Gasteiger charge is -2.40. The first-order valence-electron chi connectivity index (χ1n) is 5.98. The molecule has 0 radical (unpaired) electrons. The van der Waals surface area contributed by atoms with Gasteiger partial charge in [-0.05, 0) is 38.0 Å². The molecule has 0 aliphatic carbocycles. The maximum Gasteiger partial charge on any atom is 0.221 e. The van der Waals surface area contributed by atoms with Gasteiger partial charge in [-0.15, -0.1) is 0 Å². The molecule has 1 heterocycles. The van der Waals surface area contributed by atoms with Crippen molar-refractivity contribution in [3.8, 4) is 0 Å². The molecule has 1 N–H and O–H groups in total. The highest BCUT2D eigenvalue weighted by molar-refractivity contribution is 5.82. The Bertz CT molecular complexity index is 455. The van der Waals surface area contributed by atoms with Crippen LogP contribution in [0.5, 0.6) is 0 Å². The second-order valence-corrected chi connectivity index (χ2v) is 5.30. The molecule has 17 heavy (non-hydrogen) atoms. The summed E-state index contributed by atoms with van der Waals surface area (Å²) in [6.45, 7) is 6.06. The smallest absolute Gasteiger partial charge is 0.221 e. The minimum atomic E-state index is -0.341. The van der Waals surface area contributed by atoms with Crippen LogP contribution in [0, 0.1) is 5.82 Å². The summed E-state index contributed by atoms with van der Waals surface area (Å²) in [6.07, 6.45) is 1.24.